The molecule has 1 fully saturated rings. The maximum Gasteiger partial charge on any atom is 0.417 e. The number of alkyl halides is 7. The SMILES string of the molecule is O=S(=O)(CF)c1ccc(C2=CC3(C=C2c2ccc(C(F)(F)F)c(C(F)(F)F)c2)CC3)cc1. The molecule has 0 bridgehead atoms. The van der Waals surface area contributed by atoms with Gasteiger partial charge in [-0.1, -0.05) is 30.4 Å². The largest absolute Gasteiger partial charge is 0.417 e. The van der Waals surface area contributed by atoms with Crippen molar-refractivity contribution in [1.82, 2.24) is 0 Å². The highest BCUT2D eigenvalue weighted by Crippen LogP contribution is 2.58. The fourth-order valence-corrected chi connectivity index (χ4v) is 4.46. The quantitative estimate of drug-likeness (QED) is 0.461. The van der Waals surface area contributed by atoms with Crippen molar-refractivity contribution in [2.75, 3.05) is 6.01 Å². The van der Waals surface area contributed by atoms with Crippen LogP contribution >= 0.6 is 0 Å². The molecular weight excluding hydrogens is 461 g/mol. The lowest BCUT2D eigenvalue weighted by Crippen LogP contribution is -2.16. The molecule has 4 rings (SSSR count). The molecule has 0 N–H and O–H groups in total. The predicted molar refractivity (Wildman–Crippen MR) is 104 cm³/mol. The summed E-state index contributed by atoms with van der Waals surface area (Å²) in [5.41, 5.74) is -2.66. The van der Waals surface area contributed by atoms with Crippen LogP contribution in [0.4, 0.5) is 30.7 Å². The van der Waals surface area contributed by atoms with Crippen LogP contribution in [-0.4, -0.2) is 14.4 Å². The first-order valence-electron chi connectivity index (χ1n) is 9.40. The molecule has 0 atom stereocenters. The van der Waals surface area contributed by atoms with Gasteiger partial charge in [-0.3, -0.25) is 0 Å². The van der Waals surface area contributed by atoms with Crippen molar-refractivity contribution in [2.24, 2.45) is 5.41 Å². The van der Waals surface area contributed by atoms with Crippen molar-refractivity contribution in [2.45, 2.75) is 30.1 Å². The molecule has 0 aromatic heterocycles. The van der Waals surface area contributed by atoms with E-state index in [0.717, 1.165) is 18.9 Å². The van der Waals surface area contributed by atoms with Crippen LogP contribution in [0.1, 0.15) is 35.1 Å². The van der Waals surface area contributed by atoms with Crippen LogP contribution in [0, 0.1) is 5.41 Å². The molecule has 170 valence electrons. The number of benzene rings is 2. The van der Waals surface area contributed by atoms with Crippen LogP contribution in [0.2, 0.25) is 0 Å². The van der Waals surface area contributed by atoms with Crippen LogP contribution in [-0.2, 0) is 22.2 Å². The summed E-state index contributed by atoms with van der Waals surface area (Å²) >= 11 is 0. The van der Waals surface area contributed by atoms with E-state index in [4.69, 9.17) is 0 Å². The minimum Gasteiger partial charge on any atom is -0.233 e. The predicted octanol–water partition coefficient (Wildman–Crippen LogP) is 6.69. The molecule has 10 heteroatoms. The van der Waals surface area contributed by atoms with Crippen molar-refractivity contribution >= 4 is 21.0 Å². The highest BCUT2D eigenvalue weighted by molar-refractivity contribution is 7.91. The fraction of sp³-hybridized carbons (Fsp3) is 0.273. The molecule has 32 heavy (non-hydrogen) atoms. The summed E-state index contributed by atoms with van der Waals surface area (Å²) in [6.07, 6.45) is -5.34. The van der Waals surface area contributed by atoms with Gasteiger partial charge in [0.05, 0.1) is 16.0 Å². The second kappa shape index (κ2) is 7.19. The van der Waals surface area contributed by atoms with Crippen LogP contribution in [0.15, 0.2) is 59.5 Å². The van der Waals surface area contributed by atoms with Crippen molar-refractivity contribution in [3.05, 3.63) is 76.9 Å². The Morgan fingerprint density at radius 1 is 0.750 bits per heavy atom. The summed E-state index contributed by atoms with van der Waals surface area (Å²) in [6, 6.07) is 5.52. The molecule has 0 radical (unpaired) electrons. The first-order chi connectivity index (χ1) is 14.8. The van der Waals surface area contributed by atoms with Gasteiger partial charge in [-0.05, 0) is 59.4 Å². The number of allylic oxidation sites excluding steroid dienone is 4. The van der Waals surface area contributed by atoms with Gasteiger partial charge in [0, 0.05) is 5.41 Å². The van der Waals surface area contributed by atoms with Gasteiger partial charge in [-0.25, -0.2) is 12.8 Å². The van der Waals surface area contributed by atoms with Crippen molar-refractivity contribution in [3.63, 3.8) is 0 Å². The lowest BCUT2D eigenvalue weighted by molar-refractivity contribution is -0.162. The van der Waals surface area contributed by atoms with Gasteiger partial charge >= 0.3 is 12.4 Å². The standard InChI is InChI=1S/C22H15F7O2S/c23-12-32(30,31)15-4-1-13(2-5-15)16-10-20(7-8-20)11-17(16)14-3-6-18(21(24,25)26)19(9-14)22(27,28)29/h1-6,9-11H,7-8,12H2. The molecule has 0 heterocycles. The lowest BCUT2D eigenvalue weighted by atomic mass is 9.92. The Bertz CT molecular complexity index is 1230. The molecule has 2 nitrogen and oxygen atoms in total. The summed E-state index contributed by atoms with van der Waals surface area (Å²) in [5.74, 6) is 0. The van der Waals surface area contributed by atoms with E-state index >= 15 is 0 Å². The zero-order chi connectivity index (χ0) is 23.5. The van der Waals surface area contributed by atoms with Crippen molar-refractivity contribution in [1.29, 1.82) is 0 Å². The summed E-state index contributed by atoms with van der Waals surface area (Å²) in [4.78, 5) is -0.247. The van der Waals surface area contributed by atoms with Crippen LogP contribution < -0.4 is 0 Å². The molecule has 2 aliphatic carbocycles. The maximum atomic E-state index is 13.4. The van der Waals surface area contributed by atoms with Gasteiger partial charge in [0.25, 0.3) is 0 Å². The average molecular weight is 476 g/mol. The normalized spacial score (nSPS) is 18.0. The Kier molecular flexibility index (Phi) is 5.07. The van der Waals surface area contributed by atoms with Crippen molar-refractivity contribution < 1.29 is 39.2 Å². The maximum absolute atomic E-state index is 13.4. The molecule has 0 unspecified atom stereocenters. The molecule has 1 spiro atoms. The number of sulfone groups is 1. The molecule has 2 aromatic carbocycles. The number of hydrogen-bond acceptors (Lipinski definition) is 2. The Morgan fingerprint density at radius 3 is 1.72 bits per heavy atom. The first-order valence-corrected chi connectivity index (χ1v) is 11.1. The van der Waals surface area contributed by atoms with E-state index in [2.05, 4.69) is 0 Å². The van der Waals surface area contributed by atoms with E-state index in [-0.39, 0.29) is 15.9 Å². The van der Waals surface area contributed by atoms with Gasteiger partial charge in [0.1, 0.15) is 0 Å². The Morgan fingerprint density at radius 2 is 1.25 bits per heavy atom. The topological polar surface area (TPSA) is 34.1 Å². The van der Waals surface area contributed by atoms with Gasteiger partial charge in [0.15, 0.2) is 6.01 Å². The minimum absolute atomic E-state index is 0.0270. The van der Waals surface area contributed by atoms with E-state index in [0.29, 0.717) is 28.8 Å². The molecule has 2 aliphatic rings. The van der Waals surface area contributed by atoms with Gasteiger partial charge in [0.2, 0.25) is 9.84 Å². The van der Waals surface area contributed by atoms with Crippen LogP contribution in [0.25, 0.3) is 11.1 Å². The fourth-order valence-electron chi connectivity index (χ4n) is 3.78. The molecule has 0 aliphatic heterocycles. The van der Waals surface area contributed by atoms with Gasteiger partial charge < -0.3 is 0 Å². The molecule has 0 saturated heterocycles. The lowest BCUT2D eigenvalue weighted by Gasteiger charge is -2.18. The van der Waals surface area contributed by atoms with Crippen LogP contribution in [0.3, 0.4) is 0 Å². The Labute approximate surface area is 179 Å². The molecule has 0 amide bonds. The van der Waals surface area contributed by atoms with E-state index in [1.165, 1.54) is 24.3 Å². The molecule has 2 aromatic rings. The number of rotatable bonds is 4. The zero-order valence-electron chi connectivity index (χ0n) is 16.2. The molecule has 1 saturated carbocycles. The Hall–Kier alpha value is -2.62. The second-order valence-corrected chi connectivity index (χ2v) is 9.77. The first kappa shape index (κ1) is 22.6. The summed E-state index contributed by atoms with van der Waals surface area (Å²) in [7, 11) is -4.09. The van der Waals surface area contributed by atoms with Gasteiger partial charge in [-0.15, -0.1) is 0 Å². The average Bonchev–Trinajstić information content (AvgIpc) is 3.36. The Balaban J connectivity index is 1.80. The molecular formula is C22H15F7O2S. The van der Waals surface area contributed by atoms with E-state index < -0.39 is 39.3 Å². The number of hydrogen-bond donors (Lipinski definition) is 0. The zero-order valence-corrected chi connectivity index (χ0v) is 17.0. The second-order valence-electron chi connectivity index (χ2n) is 7.85. The summed E-state index contributed by atoms with van der Waals surface area (Å²) < 4.78 is 116. The number of halogens is 7. The van der Waals surface area contributed by atoms with E-state index in [1.54, 1.807) is 6.08 Å². The third-order valence-corrected chi connectivity index (χ3v) is 6.87. The monoisotopic (exact) mass is 476 g/mol. The third-order valence-electron chi connectivity index (χ3n) is 5.59. The minimum atomic E-state index is -5.20. The van der Waals surface area contributed by atoms with Gasteiger partial charge in [-0.2, -0.15) is 26.3 Å². The smallest absolute Gasteiger partial charge is 0.233 e. The highest BCUT2D eigenvalue weighted by Gasteiger charge is 2.45. The summed E-state index contributed by atoms with van der Waals surface area (Å²) in [5, 5.41) is 0. The highest BCUT2D eigenvalue weighted by atomic mass is 32.2. The van der Waals surface area contributed by atoms with E-state index in [1.807, 2.05) is 6.08 Å². The third kappa shape index (κ3) is 4.07. The van der Waals surface area contributed by atoms with Crippen LogP contribution in [0.5, 0.6) is 0 Å². The summed E-state index contributed by atoms with van der Waals surface area (Å²) in [6.45, 7) is 0. The van der Waals surface area contributed by atoms with Crippen molar-refractivity contribution in [3.8, 4) is 0 Å². The van der Waals surface area contributed by atoms with E-state index in [9.17, 15) is 39.2 Å².